The van der Waals surface area contributed by atoms with Gasteiger partial charge in [-0.15, -0.1) is 0 Å². The van der Waals surface area contributed by atoms with Crippen molar-refractivity contribution >= 4 is 17.5 Å². The number of aliphatic hydroxyl groups is 2. The topological polar surface area (TPSA) is 140 Å². The molecule has 3 saturated carbocycles. The van der Waals surface area contributed by atoms with Crippen molar-refractivity contribution in [2.24, 2.45) is 29.1 Å². The summed E-state index contributed by atoms with van der Waals surface area (Å²) in [6.07, 6.45) is 2.81. The first-order valence-corrected chi connectivity index (χ1v) is 20.1. The van der Waals surface area contributed by atoms with Crippen LogP contribution in [0.25, 0.3) is 11.1 Å². The average molecular weight is 771 g/mol. The number of ether oxygens (including phenoxy) is 1. The predicted octanol–water partition coefficient (Wildman–Crippen LogP) is 4.39. The fourth-order valence-corrected chi connectivity index (χ4v) is 9.20. The quantitative estimate of drug-likeness (QED) is 0.166. The Bertz CT molecular complexity index is 1820. The minimum absolute atomic E-state index is 0.0302. The lowest BCUT2D eigenvalue weighted by Gasteiger charge is -2.62. The van der Waals surface area contributed by atoms with E-state index in [4.69, 9.17) is 9.57 Å². The van der Waals surface area contributed by atoms with Gasteiger partial charge in [0.25, 0.3) is 5.91 Å². The third kappa shape index (κ3) is 8.89. The van der Waals surface area contributed by atoms with Crippen LogP contribution >= 0.6 is 0 Å². The van der Waals surface area contributed by atoms with E-state index in [-0.39, 0.29) is 36.4 Å². The summed E-state index contributed by atoms with van der Waals surface area (Å²) in [4.78, 5) is 42.7. The van der Waals surface area contributed by atoms with E-state index in [1.54, 1.807) is 18.2 Å². The summed E-state index contributed by atoms with van der Waals surface area (Å²) in [5, 5.41) is 29.5. The van der Waals surface area contributed by atoms with Gasteiger partial charge in [0.1, 0.15) is 24.5 Å². The second-order valence-corrected chi connectivity index (χ2v) is 17.2. The number of carbonyl (C=O) groups excluding carboxylic acids is 2. The van der Waals surface area contributed by atoms with Gasteiger partial charge in [-0.1, -0.05) is 45.0 Å². The first-order chi connectivity index (χ1) is 26.7. The number of aliphatic hydroxyl groups excluding tert-OH is 2. The monoisotopic (exact) mass is 770 g/mol. The Kier molecular flexibility index (Phi) is 13.1. The van der Waals surface area contributed by atoms with E-state index in [0.717, 1.165) is 34.5 Å². The van der Waals surface area contributed by atoms with Crippen molar-refractivity contribution in [3.63, 3.8) is 0 Å². The Morgan fingerprint density at radius 2 is 1.88 bits per heavy atom. The molecule has 1 unspecified atom stereocenters. The first kappa shape index (κ1) is 41.6. The van der Waals surface area contributed by atoms with Gasteiger partial charge < -0.3 is 35.4 Å². The maximum absolute atomic E-state index is 14.4. The zero-order chi connectivity index (χ0) is 40.3. The fraction of sp³-hybridized carbons (Fsp3) is 0.568. The number of rotatable bonds is 16. The Labute approximate surface area is 332 Å². The van der Waals surface area contributed by atoms with Crippen LogP contribution in [0.1, 0.15) is 62.2 Å². The summed E-state index contributed by atoms with van der Waals surface area (Å²) in [7, 11) is 7.85. The number of anilines is 1. The molecule has 1 saturated heterocycles. The second kappa shape index (κ2) is 17.6. The molecule has 7 rings (SSSR count). The molecule has 2 bridgehead atoms. The van der Waals surface area contributed by atoms with Crippen molar-refractivity contribution in [3.05, 3.63) is 77.6 Å². The summed E-state index contributed by atoms with van der Waals surface area (Å²) >= 11 is 0. The molecule has 1 aromatic heterocycles. The predicted molar refractivity (Wildman–Crippen MR) is 218 cm³/mol. The van der Waals surface area contributed by atoms with E-state index in [9.17, 15) is 19.8 Å². The van der Waals surface area contributed by atoms with E-state index in [2.05, 4.69) is 36.4 Å². The van der Waals surface area contributed by atoms with Crippen molar-refractivity contribution in [1.82, 2.24) is 25.6 Å². The Morgan fingerprint density at radius 3 is 2.52 bits per heavy atom. The number of pyridine rings is 1. The molecule has 2 heterocycles. The largest absolute Gasteiger partial charge is 0.491 e. The molecule has 3 aliphatic carbocycles. The normalized spacial score (nSPS) is 26.0. The highest BCUT2D eigenvalue weighted by Gasteiger charge is 2.57. The van der Waals surface area contributed by atoms with Crippen LogP contribution in [0.4, 0.5) is 5.69 Å². The number of fused-ring (bicyclic) bond motifs is 2. The van der Waals surface area contributed by atoms with Gasteiger partial charge in [-0.25, -0.2) is 0 Å². The number of para-hydroxylation sites is 1. The van der Waals surface area contributed by atoms with Crippen LogP contribution in [0, 0.1) is 29.1 Å². The van der Waals surface area contributed by atoms with E-state index in [1.807, 2.05) is 92.6 Å². The Morgan fingerprint density at radius 1 is 1.09 bits per heavy atom. The molecule has 4 N–H and O–H groups in total. The molecule has 2 amide bonds. The smallest absolute Gasteiger partial charge is 0.251 e. The van der Waals surface area contributed by atoms with E-state index < -0.39 is 24.2 Å². The van der Waals surface area contributed by atoms with Gasteiger partial charge in [-0.2, -0.15) is 5.06 Å². The van der Waals surface area contributed by atoms with Gasteiger partial charge in [-0.3, -0.25) is 19.4 Å². The van der Waals surface area contributed by atoms with Crippen LogP contribution in [0.15, 0.2) is 60.8 Å². The number of nitrogens with zero attached hydrogens (tertiary/aromatic N) is 4. The summed E-state index contributed by atoms with van der Waals surface area (Å²) in [6.45, 7) is 9.89. The van der Waals surface area contributed by atoms with Crippen molar-refractivity contribution < 1.29 is 29.4 Å². The van der Waals surface area contributed by atoms with Crippen LogP contribution in [0.2, 0.25) is 0 Å². The number of likely N-dealkylation sites (N-methyl/N-ethyl adjacent to an activating group) is 1. The Hall–Kier alpha value is -4.07. The van der Waals surface area contributed by atoms with Crippen LogP contribution in [-0.4, -0.2) is 116 Å². The second-order valence-electron chi connectivity index (χ2n) is 17.2. The zero-order valence-electron chi connectivity index (χ0n) is 34.4. The number of amides is 2. The number of hydrogen-bond acceptors (Lipinski definition) is 10. The van der Waals surface area contributed by atoms with Gasteiger partial charge >= 0.3 is 0 Å². The minimum atomic E-state index is -0.909. The molecule has 4 aliphatic rings. The zero-order valence-corrected chi connectivity index (χ0v) is 34.4. The van der Waals surface area contributed by atoms with E-state index in [0.29, 0.717) is 55.2 Å². The number of hydroxylamine groups is 2. The summed E-state index contributed by atoms with van der Waals surface area (Å²) < 4.78 is 6.61. The van der Waals surface area contributed by atoms with Gasteiger partial charge in [-0.05, 0) is 92.9 Å². The van der Waals surface area contributed by atoms with Crippen molar-refractivity contribution in [1.29, 1.82) is 0 Å². The molecule has 56 heavy (non-hydrogen) atoms. The molecule has 12 nitrogen and oxygen atoms in total. The van der Waals surface area contributed by atoms with Crippen LogP contribution in [0.5, 0.6) is 5.75 Å². The highest BCUT2D eigenvalue weighted by molar-refractivity contribution is 5.97. The molecule has 0 spiro atoms. The minimum Gasteiger partial charge on any atom is -0.491 e. The van der Waals surface area contributed by atoms with E-state index >= 15 is 0 Å². The van der Waals surface area contributed by atoms with Crippen LogP contribution in [0.3, 0.4) is 0 Å². The number of benzene rings is 2. The highest BCUT2D eigenvalue weighted by atomic mass is 16.7. The number of nitrogens with one attached hydrogen (secondary N) is 2. The summed E-state index contributed by atoms with van der Waals surface area (Å²) in [6, 6.07) is 16.6. The third-order valence-corrected chi connectivity index (χ3v) is 12.7. The fourth-order valence-electron chi connectivity index (χ4n) is 9.20. The van der Waals surface area contributed by atoms with Crippen LogP contribution in [-0.2, 0) is 22.6 Å². The average Bonchev–Trinajstić information content (AvgIpc) is 3.54. The van der Waals surface area contributed by atoms with Crippen molar-refractivity contribution in [2.45, 2.75) is 77.8 Å². The van der Waals surface area contributed by atoms with E-state index in [1.165, 1.54) is 6.42 Å². The van der Waals surface area contributed by atoms with Crippen molar-refractivity contribution in [2.75, 3.05) is 59.4 Å². The molecule has 8 atom stereocenters. The lowest BCUT2D eigenvalue weighted by Crippen LogP contribution is -2.62. The molecule has 1 aliphatic heterocycles. The summed E-state index contributed by atoms with van der Waals surface area (Å²) in [5.74, 6) is 1.01. The van der Waals surface area contributed by atoms with Crippen LogP contribution < -0.4 is 20.3 Å². The van der Waals surface area contributed by atoms with Gasteiger partial charge in [0.2, 0.25) is 5.91 Å². The maximum Gasteiger partial charge on any atom is 0.251 e. The molecule has 0 radical (unpaired) electrons. The lowest BCUT2D eigenvalue weighted by atomic mass is 9.45. The van der Waals surface area contributed by atoms with Gasteiger partial charge in [0.05, 0.1) is 19.3 Å². The van der Waals surface area contributed by atoms with Gasteiger partial charge in [0, 0.05) is 79.8 Å². The molecular formula is C44H62N6O6. The molecule has 304 valence electrons. The SMILES string of the molecule is C[C@H](O)[C@@H]1[C@H](CO)ON(Cc2cccc(-c3cc(C(=O)NCCc4ccccn4)cc(N(C)C)c3)c2OCCN(C)C)[C@@H]1C(=O)NC1C[C@H]2C[C@@H]([C@@H]1C)C2(C)C. The molecule has 3 aromatic rings. The highest BCUT2D eigenvalue weighted by Crippen LogP contribution is 2.61. The lowest BCUT2D eigenvalue weighted by molar-refractivity contribution is -0.183. The molecule has 2 aromatic carbocycles. The first-order valence-electron chi connectivity index (χ1n) is 20.1. The summed E-state index contributed by atoms with van der Waals surface area (Å²) in [5.41, 5.74) is 4.90. The molecule has 12 heteroatoms. The third-order valence-electron chi connectivity index (χ3n) is 12.7. The Balaban J connectivity index is 1.31. The molecular weight excluding hydrogens is 709 g/mol. The number of carbonyl (C=O) groups is 2. The number of aromatic nitrogens is 1. The standard InChI is InChI=1S/C44H62N6O6/c1-27-36-23-32(44(36,3)4)24-37(27)47-43(54)40-39(28(2)52)38(26-51)56-50(40)25-29-12-11-14-35(41(29)55-19-18-48(5)6)30-20-31(22-34(21-30)49(7)8)42(53)46-17-15-33-13-9-10-16-45-33/h9-14,16,20-22,27-28,32,36-40,51-52H,15,17-19,23-26H2,1-8H3,(H,46,53)(H,47,54)/t27-,28-,32+,36-,37?,38-,39+,40-/m0/s1. The maximum atomic E-state index is 14.4. The molecule has 4 fully saturated rings. The van der Waals surface area contributed by atoms with Gasteiger partial charge in [0.15, 0.2) is 0 Å². The van der Waals surface area contributed by atoms with Crippen molar-refractivity contribution in [3.8, 4) is 16.9 Å². The number of hydrogen-bond donors (Lipinski definition) is 4.